The molecule has 3 aromatic rings. The number of fused-ring (bicyclic) bond motifs is 1. The van der Waals surface area contributed by atoms with Crippen LogP contribution in [0.4, 0.5) is 5.69 Å². The van der Waals surface area contributed by atoms with E-state index in [4.69, 9.17) is 16.3 Å². The first-order valence-electron chi connectivity index (χ1n) is 9.59. The molecule has 0 N–H and O–H groups in total. The Morgan fingerprint density at radius 3 is 2.55 bits per heavy atom. The molecule has 1 aromatic heterocycles. The van der Waals surface area contributed by atoms with E-state index in [0.29, 0.717) is 27.2 Å². The maximum absolute atomic E-state index is 12.9. The minimum Gasteiger partial charge on any atom is -0.465 e. The monoisotopic (exact) mass is 462 g/mol. The maximum atomic E-state index is 12.9. The number of methoxy groups -OCH3 is 1. The van der Waals surface area contributed by atoms with Crippen LogP contribution in [0.5, 0.6) is 0 Å². The molecule has 31 heavy (non-hydrogen) atoms. The van der Waals surface area contributed by atoms with Crippen molar-refractivity contribution in [3.05, 3.63) is 64.8 Å². The Balaban J connectivity index is 1.82. The molecular weight excluding hydrogens is 440 g/mol. The number of para-hydroxylation sites is 1. The Hall–Kier alpha value is -2.84. The van der Waals surface area contributed by atoms with Crippen molar-refractivity contribution in [2.45, 2.75) is 19.8 Å². The largest absolute Gasteiger partial charge is 0.465 e. The zero-order valence-electron chi connectivity index (χ0n) is 17.5. The number of ether oxygens (including phenoxy) is 1. The van der Waals surface area contributed by atoms with Crippen LogP contribution in [0.2, 0.25) is 5.02 Å². The molecule has 0 spiro atoms. The molecule has 0 unspecified atom stereocenters. The standard InChI is InChI=1S/C22H23ClN2O5S/c1-15-10-11-16(23)13-20(15)25(31(3,28)29)12-6-9-21(26)24-14-18(22(27)30-2)17-7-4-5-8-19(17)24/h4-5,7-8,10-11,13-14H,6,9,12H2,1-3H3. The van der Waals surface area contributed by atoms with Crippen LogP contribution in [-0.4, -0.2) is 44.8 Å². The van der Waals surface area contributed by atoms with Gasteiger partial charge in [0.2, 0.25) is 15.9 Å². The van der Waals surface area contributed by atoms with E-state index in [1.54, 1.807) is 49.4 Å². The topological polar surface area (TPSA) is 85.7 Å². The van der Waals surface area contributed by atoms with E-state index in [1.165, 1.54) is 22.2 Å². The Labute approximate surface area is 186 Å². The molecule has 9 heteroatoms. The van der Waals surface area contributed by atoms with Gasteiger partial charge < -0.3 is 4.74 Å². The van der Waals surface area contributed by atoms with Crippen LogP contribution in [0.15, 0.2) is 48.7 Å². The number of anilines is 1. The fourth-order valence-corrected chi connectivity index (χ4v) is 4.65. The number of esters is 1. The number of halogens is 1. The number of carbonyl (C=O) groups excluding carboxylic acids is 2. The lowest BCUT2D eigenvalue weighted by Gasteiger charge is -2.24. The van der Waals surface area contributed by atoms with Gasteiger partial charge in [-0.3, -0.25) is 13.7 Å². The minimum absolute atomic E-state index is 0.0882. The van der Waals surface area contributed by atoms with Crippen LogP contribution >= 0.6 is 11.6 Å². The summed E-state index contributed by atoms with van der Waals surface area (Å²) in [7, 11) is -2.28. The molecule has 0 bridgehead atoms. The van der Waals surface area contributed by atoms with Crippen LogP contribution in [0.3, 0.4) is 0 Å². The minimum atomic E-state index is -3.57. The summed E-state index contributed by atoms with van der Waals surface area (Å²) in [6.07, 6.45) is 2.97. The second-order valence-corrected chi connectivity index (χ2v) is 9.53. The van der Waals surface area contributed by atoms with Crippen molar-refractivity contribution in [2.75, 3.05) is 24.2 Å². The van der Waals surface area contributed by atoms with Gasteiger partial charge in [0.15, 0.2) is 0 Å². The molecule has 0 saturated heterocycles. The van der Waals surface area contributed by atoms with Gasteiger partial charge in [0.1, 0.15) is 0 Å². The first-order valence-corrected chi connectivity index (χ1v) is 11.8. The summed E-state index contributed by atoms with van der Waals surface area (Å²) in [6, 6.07) is 12.1. The quantitative estimate of drug-likeness (QED) is 0.489. The van der Waals surface area contributed by atoms with Crippen molar-refractivity contribution >= 4 is 50.1 Å². The van der Waals surface area contributed by atoms with E-state index in [1.807, 2.05) is 0 Å². The highest BCUT2D eigenvalue weighted by Crippen LogP contribution is 2.27. The Bertz CT molecular complexity index is 1250. The Kier molecular flexibility index (Phi) is 6.71. The zero-order valence-corrected chi connectivity index (χ0v) is 19.0. The molecule has 0 amide bonds. The molecule has 164 valence electrons. The van der Waals surface area contributed by atoms with Crippen molar-refractivity contribution in [3.8, 4) is 0 Å². The van der Waals surface area contributed by atoms with Crippen molar-refractivity contribution < 1.29 is 22.7 Å². The summed E-state index contributed by atoms with van der Waals surface area (Å²) in [5, 5.41) is 1.05. The lowest BCUT2D eigenvalue weighted by Crippen LogP contribution is -2.32. The number of hydrogen-bond donors (Lipinski definition) is 0. The van der Waals surface area contributed by atoms with Crippen molar-refractivity contribution in [1.29, 1.82) is 0 Å². The zero-order chi connectivity index (χ0) is 22.8. The number of carbonyl (C=O) groups is 2. The summed E-state index contributed by atoms with van der Waals surface area (Å²) in [4.78, 5) is 25.0. The molecule has 7 nitrogen and oxygen atoms in total. The predicted octanol–water partition coefficient (Wildman–Crippen LogP) is 4.28. The predicted molar refractivity (Wildman–Crippen MR) is 122 cm³/mol. The lowest BCUT2D eigenvalue weighted by atomic mass is 10.2. The van der Waals surface area contributed by atoms with Crippen LogP contribution in [0.25, 0.3) is 10.9 Å². The third-order valence-electron chi connectivity index (χ3n) is 4.98. The molecule has 2 aromatic carbocycles. The van der Waals surface area contributed by atoms with Gasteiger partial charge in [-0.1, -0.05) is 35.9 Å². The average Bonchev–Trinajstić information content (AvgIpc) is 3.11. The summed E-state index contributed by atoms with van der Waals surface area (Å²) in [5.74, 6) is -0.773. The number of nitrogens with zero attached hydrogens (tertiary/aromatic N) is 2. The molecule has 0 aliphatic rings. The van der Waals surface area contributed by atoms with Crippen LogP contribution in [0, 0.1) is 6.92 Å². The fraction of sp³-hybridized carbons (Fsp3) is 0.273. The van der Waals surface area contributed by atoms with Crippen molar-refractivity contribution in [1.82, 2.24) is 4.57 Å². The molecule has 0 saturated carbocycles. The van der Waals surface area contributed by atoms with E-state index in [-0.39, 0.29) is 25.3 Å². The summed E-state index contributed by atoms with van der Waals surface area (Å²) < 4.78 is 32.2. The van der Waals surface area contributed by atoms with Gasteiger partial charge in [0.25, 0.3) is 0 Å². The average molecular weight is 463 g/mol. The van der Waals surface area contributed by atoms with Gasteiger partial charge in [-0.25, -0.2) is 13.2 Å². The van der Waals surface area contributed by atoms with Crippen LogP contribution in [0.1, 0.15) is 33.6 Å². The highest BCUT2D eigenvalue weighted by Gasteiger charge is 2.21. The molecule has 0 radical (unpaired) electrons. The molecule has 0 aliphatic heterocycles. The molecule has 0 aliphatic carbocycles. The first kappa shape index (κ1) is 22.8. The third kappa shape index (κ3) is 4.91. The molecule has 1 heterocycles. The number of sulfonamides is 1. The van der Waals surface area contributed by atoms with Gasteiger partial charge in [0.05, 0.1) is 30.1 Å². The highest BCUT2D eigenvalue weighted by atomic mass is 35.5. The maximum Gasteiger partial charge on any atom is 0.340 e. The summed E-state index contributed by atoms with van der Waals surface area (Å²) in [6.45, 7) is 1.92. The SMILES string of the molecule is COC(=O)c1cn(C(=O)CCCN(c2cc(Cl)ccc2C)S(C)(=O)=O)c2ccccc12. The fourth-order valence-electron chi connectivity index (χ4n) is 3.47. The van der Waals surface area contributed by atoms with E-state index in [2.05, 4.69) is 0 Å². The van der Waals surface area contributed by atoms with Gasteiger partial charge in [-0.15, -0.1) is 0 Å². The van der Waals surface area contributed by atoms with Crippen molar-refractivity contribution in [2.24, 2.45) is 0 Å². The van der Waals surface area contributed by atoms with Gasteiger partial charge in [-0.2, -0.15) is 0 Å². The number of hydrogen-bond acceptors (Lipinski definition) is 5. The molecular formula is C22H23ClN2O5S. The molecule has 3 rings (SSSR count). The second-order valence-electron chi connectivity index (χ2n) is 7.18. The molecule has 0 fully saturated rings. The Morgan fingerprint density at radius 2 is 1.87 bits per heavy atom. The lowest BCUT2D eigenvalue weighted by molar-refractivity contribution is 0.0603. The number of aryl methyl sites for hydroxylation is 1. The van der Waals surface area contributed by atoms with Crippen molar-refractivity contribution in [3.63, 3.8) is 0 Å². The van der Waals surface area contributed by atoms with E-state index in [9.17, 15) is 18.0 Å². The van der Waals surface area contributed by atoms with Crippen LogP contribution < -0.4 is 4.31 Å². The molecule has 0 atom stereocenters. The van der Waals surface area contributed by atoms with Gasteiger partial charge in [0, 0.05) is 29.6 Å². The first-order chi connectivity index (χ1) is 14.6. The van der Waals surface area contributed by atoms with Gasteiger partial charge in [-0.05, 0) is 37.1 Å². The summed E-state index contributed by atoms with van der Waals surface area (Å²) >= 11 is 6.05. The third-order valence-corrected chi connectivity index (χ3v) is 6.39. The van der Waals surface area contributed by atoms with E-state index < -0.39 is 16.0 Å². The number of benzene rings is 2. The normalized spacial score (nSPS) is 11.5. The Morgan fingerprint density at radius 1 is 1.16 bits per heavy atom. The number of rotatable bonds is 7. The smallest absolute Gasteiger partial charge is 0.340 e. The van der Waals surface area contributed by atoms with Gasteiger partial charge >= 0.3 is 5.97 Å². The highest BCUT2D eigenvalue weighted by molar-refractivity contribution is 7.92. The summed E-state index contributed by atoms with van der Waals surface area (Å²) in [5.41, 5.74) is 2.15. The van der Waals surface area contributed by atoms with E-state index in [0.717, 1.165) is 11.8 Å². The van der Waals surface area contributed by atoms with Crippen LogP contribution in [-0.2, 0) is 14.8 Å². The second kappa shape index (κ2) is 9.11. The number of aromatic nitrogens is 1. The van der Waals surface area contributed by atoms with E-state index >= 15 is 0 Å².